The summed E-state index contributed by atoms with van der Waals surface area (Å²) in [5.74, 6) is 0. The van der Waals surface area contributed by atoms with Gasteiger partial charge in [0, 0.05) is 0 Å². The lowest BCUT2D eigenvalue weighted by Crippen LogP contribution is -2.50. The van der Waals surface area contributed by atoms with Gasteiger partial charge in [0.2, 0.25) is 0 Å². The Morgan fingerprint density at radius 1 is 0.145 bits per heavy atom. The van der Waals surface area contributed by atoms with E-state index >= 15 is 0 Å². The van der Waals surface area contributed by atoms with Crippen molar-refractivity contribution in [3.8, 4) is 0 Å². The molecule has 0 bridgehead atoms. The second-order valence-electron chi connectivity index (χ2n) is 19.1. The van der Waals surface area contributed by atoms with Crippen LogP contribution in [0, 0.1) is 0 Å². The molecular formula is C54H112N+. The van der Waals surface area contributed by atoms with E-state index in [4.69, 9.17) is 0 Å². The number of unbranched alkanes of at least 4 members (excludes halogenated alkanes) is 42. The summed E-state index contributed by atoms with van der Waals surface area (Å²) in [4.78, 5) is 0. The van der Waals surface area contributed by atoms with Crippen LogP contribution in [-0.4, -0.2) is 30.7 Å². The number of hydrogen-bond donors (Lipinski definition) is 0. The molecule has 0 spiro atoms. The standard InChI is InChI=1S/C54H112N/c1-5-9-13-17-21-23-25-27-29-31-33-35-37-41-45-49-53-55(51-47-43-39-19-15-11-7-3,52-48-44-40-20-16-12-8-4)54-50-46-42-38-36-34-32-30-28-26-24-22-18-14-10-6-2/h5-54H2,1-4H3/q+1. The van der Waals surface area contributed by atoms with Gasteiger partial charge in [-0.3, -0.25) is 0 Å². The molecule has 332 valence electrons. The van der Waals surface area contributed by atoms with Gasteiger partial charge < -0.3 is 4.48 Å². The second-order valence-corrected chi connectivity index (χ2v) is 19.1. The first-order valence-electron chi connectivity index (χ1n) is 27.1. The van der Waals surface area contributed by atoms with Crippen LogP contribution in [-0.2, 0) is 0 Å². The van der Waals surface area contributed by atoms with E-state index in [1.165, 1.54) is 326 Å². The Morgan fingerprint density at radius 2 is 0.255 bits per heavy atom. The van der Waals surface area contributed by atoms with E-state index in [9.17, 15) is 0 Å². The molecular weight excluding hydrogens is 663 g/mol. The fourth-order valence-corrected chi connectivity index (χ4v) is 9.47. The summed E-state index contributed by atoms with van der Waals surface area (Å²) in [5, 5.41) is 0. The Labute approximate surface area is 352 Å². The van der Waals surface area contributed by atoms with Crippen molar-refractivity contribution in [3.05, 3.63) is 0 Å². The van der Waals surface area contributed by atoms with Gasteiger partial charge in [0.1, 0.15) is 0 Å². The quantitative estimate of drug-likeness (QED) is 0.0426. The van der Waals surface area contributed by atoms with Gasteiger partial charge in [-0.1, -0.05) is 272 Å². The summed E-state index contributed by atoms with van der Waals surface area (Å²) < 4.78 is 1.49. The van der Waals surface area contributed by atoms with Crippen molar-refractivity contribution in [2.24, 2.45) is 0 Å². The minimum absolute atomic E-state index is 1.37. The first-order chi connectivity index (χ1) is 27.2. The van der Waals surface area contributed by atoms with Crippen molar-refractivity contribution in [2.45, 2.75) is 323 Å². The number of nitrogens with zero attached hydrogens (tertiary/aromatic N) is 1. The van der Waals surface area contributed by atoms with Gasteiger partial charge in [-0.2, -0.15) is 0 Å². The summed E-state index contributed by atoms with van der Waals surface area (Å²) in [6.45, 7) is 15.3. The summed E-state index contributed by atoms with van der Waals surface area (Å²) in [5.41, 5.74) is 0. The van der Waals surface area contributed by atoms with Crippen LogP contribution in [0.2, 0.25) is 0 Å². The molecule has 0 aliphatic carbocycles. The average Bonchev–Trinajstić information content (AvgIpc) is 3.19. The smallest absolute Gasteiger partial charge is 0.0786 e. The highest BCUT2D eigenvalue weighted by Gasteiger charge is 2.25. The van der Waals surface area contributed by atoms with Crippen LogP contribution in [0.4, 0.5) is 0 Å². The Kier molecular flexibility index (Phi) is 48.3. The molecule has 55 heavy (non-hydrogen) atoms. The third-order valence-corrected chi connectivity index (χ3v) is 13.4. The fourth-order valence-electron chi connectivity index (χ4n) is 9.47. The highest BCUT2D eigenvalue weighted by Crippen LogP contribution is 2.22. The summed E-state index contributed by atoms with van der Waals surface area (Å²) in [6, 6.07) is 0. The van der Waals surface area contributed by atoms with Crippen molar-refractivity contribution >= 4 is 0 Å². The molecule has 1 nitrogen and oxygen atoms in total. The van der Waals surface area contributed by atoms with Crippen LogP contribution in [0.1, 0.15) is 323 Å². The SMILES string of the molecule is CCCCCCCCCCCCCCCCCC[N+](CCCCCCCCC)(CCCCCCCCC)CCCCCCCCCCCCCCCCCC. The van der Waals surface area contributed by atoms with Gasteiger partial charge in [0.25, 0.3) is 0 Å². The van der Waals surface area contributed by atoms with Gasteiger partial charge in [-0.15, -0.1) is 0 Å². The molecule has 0 atom stereocenters. The Balaban J connectivity index is 4.60. The molecule has 0 radical (unpaired) electrons. The minimum atomic E-state index is 1.37. The summed E-state index contributed by atoms with van der Waals surface area (Å²) in [7, 11) is 0. The Bertz CT molecular complexity index is 600. The Hall–Kier alpha value is -0.0400. The van der Waals surface area contributed by atoms with Crippen LogP contribution in [0.3, 0.4) is 0 Å². The lowest BCUT2D eigenvalue weighted by Gasteiger charge is -2.40. The molecule has 0 amide bonds. The highest BCUT2D eigenvalue weighted by molar-refractivity contribution is 4.57. The van der Waals surface area contributed by atoms with Gasteiger partial charge in [0.15, 0.2) is 0 Å². The van der Waals surface area contributed by atoms with Gasteiger partial charge in [-0.25, -0.2) is 0 Å². The van der Waals surface area contributed by atoms with E-state index in [1.54, 1.807) is 0 Å². The van der Waals surface area contributed by atoms with E-state index in [1.807, 2.05) is 0 Å². The lowest BCUT2D eigenvalue weighted by molar-refractivity contribution is -0.929. The third-order valence-electron chi connectivity index (χ3n) is 13.4. The van der Waals surface area contributed by atoms with Crippen molar-refractivity contribution < 1.29 is 4.48 Å². The molecule has 0 rings (SSSR count). The molecule has 0 saturated heterocycles. The molecule has 1 heteroatoms. The summed E-state index contributed by atoms with van der Waals surface area (Å²) >= 11 is 0. The van der Waals surface area contributed by atoms with Crippen LogP contribution >= 0.6 is 0 Å². The topological polar surface area (TPSA) is 0 Å². The normalized spacial score (nSPS) is 12.0. The van der Waals surface area contributed by atoms with Gasteiger partial charge in [-0.05, 0) is 51.4 Å². The fraction of sp³-hybridized carbons (Fsp3) is 1.00. The maximum atomic E-state index is 2.35. The van der Waals surface area contributed by atoms with E-state index in [0.29, 0.717) is 0 Å². The first kappa shape index (κ1) is 55.0. The zero-order valence-corrected chi connectivity index (χ0v) is 39.8. The second kappa shape index (κ2) is 48.3. The molecule has 0 aromatic rings. The predicted octanol–water partition coefficient (Wildman–Crippen LogP) is 19.8. The van der Waals surface area contributed by atoms with E-state index in [2.05, 4.69) is 27.7 Å². The zero-order valence-electron chi connectivity index (χ0n) is 39.8. The van der Waals surface area contributed by atoms with E-state index in [0.717, 1.165) is 0 Å². The average molecular weight is 775 g/mol. The van der Waals surface area contributed by atoms with Crippen molar-refractivity contribution in [1.82, 2.24) is 0 Å². The van der Waals surface area contributed by atoms with E-state index < -0.39 is 0 Å². The van der Waals surface area contributed by atoms with E-state index in [-0.39, 0.29) is 0 Å². The van der Waals surface area contributed by atoms with Crippen LogP contribution in [0.25, 0.3) is 0 Å². The molecule has 0 aromatic heterocycles. The molecule has 0 heterocycles. The molecule has 0 N–H and O–H groups in total. The number of hydrogen-bond acceptors (Lipinski definition) is 0. The largest absolute Gasteiger partial charge is 0.324 e. The predicted molar refractivity (Wildman–Crippen MR) is 255 cm³/mol. The van der Waals surface area contributed by atoms with Crippen LogP contribution in [0.15, 0.2) is 0 Å². The maximum absolute atomic E-state index is 2.35. The number of quaternary nitrogens is 1. The monoisotopic (exact) mass is 775 g/mol. The molecule has 0 aromatic carbocycles. The summed E-state index contributed by atoms with van der Waals surface area (Å²) in [6.07, 6.45) is 67.7. The molecule has 0 aliphatic rings. The first-order valence-corrected chi connectivity index (χ1v) is 27.1. The van der Waals surface area contributed by atoms with Crippen LogP contribution < -0.4 is 0 Å². The molecule has 0 aliphatic heterocycles. The van der Waals surface area contributed by atoms with Crippen LogP contribution in [0.5, 0.6) is 0 Å². The highest BCUT2D eigenvalue weighted by atomic mass is 15.3. The molecule has 0 unspecified atom stereocenters. The lowest BCUT2D eigenvalue weighted by atomic mass is 10.0. The zero-order chi connectivity index (χ0) is 39.9. The third kappa shape index (κ3) is 43.4. The Morgan fingerprint density at radius 3 is 0.382 bits per heavy atom. The van der Waals surface area contributed by atoms with Crippen molar-refractivity contribution in [2.75, 3.05) is 26.2 Å². The van der Waals surface area contributed by atoms with Crippen molar-refractivity contribution in [3.63, 3.8) is 0 Å². The maximum Gasteiger partial charge on any atom is 0.0786 e. The molecule has 0 saturated carbocycles. The van der Waals surface area contributed by atoms with Gasteiger partial charge >= 0.3 is 0 Å². The van der Waals surface area contributed by atoms with Gasteiger partial charge in [0.05, 0.1) is 26.2 Å². The van der Waals surface area contributed by atoms with Crippen molar-refractivity contribution in [1.29, 1.82) is 0 Å². The number of rotatable bonds is 50. The minimum Gasteiger partial charge on any atom is -0.324 e. The molecule has 0 fully saturated rings.